The topological polar surface area (TPSA) is 43.6 Å². The fourth-order valence-electron chi connectivity index (χ4n) is 7.16. The number of fused-ring (bicyclic) bond motifs is 6. The summed E-state index contributed by atoms with van der Waals surface area (Å²) in [5, 5.41) is 4.95. The summed E-state index contributed by atoms with van der Waals surface area (Å²) in [7, 11) is 0. The zero-order valence-electron chi connectivity index (χ0n) is 26.9. The molecule has 0 saturated carbocycles. The van der Waals surface area contributed by atoms with Gasteiger partial charge in [-0.3, -0.25) is 0 Å². The van der Waals surface area contributed by atoms with E-state index in [4.69, 9.17) is 15.0 Å². The van der Waals surface area contributed by atoms with Gasteiger partial charge in [0.2, 0.25) is 0 Å². The van der Waals surface area contributed by atoms with Crippen LogP contribution in [0.3, 0.4) is 0 Å². The highest BCUT2D eigenvalue weighted by Gasteiger charge is 2.20. The largest absolute Gasteiger partial charge is 0.309 e. The molecule has 0 amide bonds. The number of thiophene rings is 1. The van der Waals surface area contributed by atoms with Crippen LogP contribution in [0.15, 0.2) is 170 Å². The van der Waals surface area contributed by atoms with E-state index in [2.05, 4.69) is 156 Å². The normalized spacial score (nSPS) is 11.6. The van der Waals surface area contributed by atoms with E-state index in [-0.39, 0.29) is 0 Å². The minimum Gasteiger partial charge on any atom is -0.309 e. The van der Waals surface area contributed by atoms with E-state index in [1.54, 1.807) is 0 Å². The Morgan fingerprint density at radius 2 is 0.940 bits per heavy atom. The Morgan fingerprint density at radius 1 is 0.380 bits per heavy atom. The third-order valence-electron chi connectivity index (χ3n) is 9.48. The number of rotatable bonds is 5. The zero-order valence-corrected chi connectivity index (χ0v) is 27.7. The van der Waals surface area contributed by atoms with Gasteiger partial charge in [-0.25, -0.2) is 15.0 Å². The van der Waals surface area contributed by atoms with Crippen LogP contribution < -0.4 is 0 Å². The first-order chi connectivity index (χ1) is 24.8. The lowest BCUT2D eigenvalue weighted by atomic mass is 10.0. The van der Waals surface area contributed by atoms with Crippen molar-refractivity contribution in [1.82, 2.24) is 19.5 Å². The van der Waals surface area contributed by atoms with Crippen LogP contribution in [0.4, 0.5) is 0 Å². The summed E-state index contributed by atoms with van der Waals surface area (Å²) in [4.78, 5) is 15.4. The third-order valence-corrected chi connectivity index (χ3v) is 10.7. The van der Waals surface area contributed by atoms with E-state index in [0.717, 1.165) is 38.8 Å². The molecule has 4 nitrogen and oxygen atoms in total. The highest BCUT2D eigenvalue weighted by molar-refractivity contribution is 7.26. The molecule has 0 atom stereocenters. The molecule has 0 saturated heterocycles. The predicted octanol–water partition coefficient (Wildman–Crippen LogP) is 12.0. The van der Waals surface area contributed by atoms with Crippen molar-refractivity contribution in [2.45, 2.75) is 0 Å². The molecule has 0 bridgehead atoms. The lowest BCUT2D eigenvalue weighted by Gasteiger charge is -2.13. The van der Waals surface area contributed by atoms with Gasteiger partial charge in [-0.1, -0.05) is 140 Å². The Bertz CT molecular complexity index is 2850. The average molecular weight is 657 g/mol. The maximum atomic E-state index is 5.20. The molecule has 50 heavy (non-hydrogen) atoms. The Hall–Kier alpha value is -6.43. The standard InChI is InChI=1S/C45H28N4S/c1-3-13-30(14-4-1)43-46-44(31-27-25-29(26-28-31)33-19-11-21-37-35-18-8-10-24-40(35)50-42(33)37)48-45(47-43)38-22-12-20-36-34-17-7-9-23-39(34)49(41(36)38)32-15-5-2-6-16-32/h1-28H. The molecule has 3 heterocycles. The predicted molar refractivity (Wildman–Crippen MR) is 209 cm³/mol. The molecular weight excluding hydrogens is 629 g/mol. The fraction of sp³-hybridized carbons (Fsp3) is 0. The smallest absolute Gasteiger partial charge is 0.166 e. The van der Waals surface area contributed by atoms with E-state index in [1.165, 1.54) is 36.7 Å². The van der Waals surface area contributed by atoms with Gasteiger partial charge in [-0.15, -0.1) is 11.3 Å². The van der Waals surface area contributed by atoms with E-state index in [0.29, 0.717) is 17.5 Å². The van der Waals surface area contributed by atoms with Crippen LogP contribution in [-0.2, 0) is 0 Å². The number of para-hydroxylation sites is 3. The van der Waals surface area contributed by atoms with Gasteiger partial charge < -0.3 is 4.57 Å². The van der Waals surface area contributed by atoms with E-state index in [9.17, 15) is 0 Å². The van der Waals surface area contributed by atoms with Crippen molar-refractivity contribution in [1.29, 1.82) is 0 Å². The Balaban J connectivity index is 1.16. The van der Waals surface area contributed by atoms with Crippen molar-refractivity contribution in [2.75, 3.05) is 0 Å². The molecule has 10 rings (SSSR count). The van der Waals surface area contributed by atoms with Gasteiger partial charge >= 0.3 is 0 Å². The third kappa shape index (κ3) is 4.63. The van der Waals surface area contributed by atoms with Gasteiger partial charge in [-0.2, -0.15) is 0 Å². The van der Waals surface area contributed by atoms with Crippen molar-refractivity contribution in [2.24, 2.45) is 0 Å². The lowest BCUT2D eigenvalue weighted by Crippen LogP contribution is -2.02. The number of aromatic nitrogens is 4. The minimum atomic E-state index is 0.638. The highest BCUT2D eigenvalue weighted by Crippen LogP contribution is 2.41. The molecule has 3 aromatic heterocycles. The van der Waals surface area contributed by atoms with Gasteiger partial charge in [0.05, 0.1) is 11.0 Å². The molecule has 10 aromatic rings. The first kappa shape index (κ1) is 28.6. The average Bonchev–Trinajstić information content (AvgIpc) is 3.75. The Morgan fingerprint density at radius 3 is 1.72 bits per heavy atom. The summed E-state index contributed by atoms with van der Waals surface area (Å²) in [6.45, 7) is 0. The number of hydrogen-bond acceptors (Lipinski definition) is 4. The van der Waals surface area contributed by atoms with Crippen molar-refractivity contribution in [3.05, 3.63) is 170 Å². The molecule has 0 radical (unpaired) electrons. The molecular formula is C45H28N4S. The Kier molecular flexibility index (Phi) is 6.64. The van der Waals surface area contributed by atoms with Gasteiger partial charge in [-0.05, 0) is 41.5 Å². The van der Waals surface area contributed by atoms with Crippen LogP contribution in [0.5, 0.6) is 0 Å². The van der Waals surface area contributed by atoms with E-state index >= 15 is 0 Å². The first-order valence-corrected chi connectivity index (χ1v) is 17.5. The SMILES string of the molecule is c1ccc(-c2nc(-c3ccc(-c4cccc5c4sc4ccccc45)cc3)nc(-c3cccc4c5ccccc5n(-c5ccccc5)c34)n2)cc1. The van der Waals surface area contributed by atoms with Crippen LogP contribution in [-0.4, -0.2) is 19.5 Å². The van der Waals surface area contributed by atoms with Gasteiger partial charge in [0.15, 0.2) is 17.5 Å². The Labute approximate surface area is 292 Å². The van der Waals surface area contributed by atoms with Crippen molar-refractivity contribution >= 4 is 53.3 Å². The number of hydrogen-bond donors (Lipinski definition) is 0. The summed E-state index contributed by atoms with van der Waals surface area (Å²) in [6.07, 6.45) is 0. The molecule has 0 unspecified atom stereocenters. The second-order valence-electron chi connectivity index (χ2n) is 12.4. The maximum absolute atomic E-state index is 5.20. The highest BCUT2D eigenvalue weighted by atomic mass is 32.1. The second-order valence-corrected chi connectivity index (χ2v) is 13.5. The molecule has 0 N–H and O–H groups in total. The molecule has 0 aliphatic carbocycles. The molecule has 0 aliphatic heterocycles. The van der Waals surface area contributed by atoms with Crippen molar-refractivity contribution in [3.8, 4) is 51.0 Å². The van der Waals surface area contributed by atoms with Crippen molar-refractivity contribution in [3.63, 3.8) is 0 Å². The molecule has 0 spiro atoms. The van der Waals surface area contributed by atoms with E-state index < -0.39 is 0 Å². The van der Waals surface area contributed by atoms with Crippen LogP contribution in [0.25, 0.3) is 93.0 Å². The van der Waals surface area contributed by atoms with Crippen LogP contribution >= 0.6 is 11.3 Å². The summed E-state index contributed by atoms with van der Waals surface area (Å²) in [6, 6.07) is 59.6. The number of benzene rings is 7. The second kappa shape index (κ2) is 11.6. The minimum absolute atomic E-state index is 0.638. The van der Waals surface area contributed by atoms with Gasteiger partial charge in [0, 0.05) is 53.3 Å². The van der Waals surface area contributed by atoms with E-state index in [1.807, 2.05) is 29.5 Å². The van der Waals surface area contributed by atoms with Gasteiger partial charge in [0.25, 0.3) is 0 Å². The summed E-state index contributed by atoms with van der Waals surface area (Å²) >= 11 is 1.85. The summed E-state index contributed by atoms with van der Waals surface area (Å²) < 4.78 is 4.94. The van der Waals surface area contributed by atoms with Crippen LogP contribution in [0.1, 0.15) is 0 Å². The van der Waals surface area contributed by atoms with Crippen LogP contribution in [0.2, 0.25) is 0 Å². The van der Waals surface area contributed by atoms with Crippen molar-refractivity contribution < 1.29 is 0 Å². The first-order valence-electron chi connectivity index (χ1n) is 16.7. The zero-order chi connectivity index (χ0) is 33.0. The van der Waals surface area contributed by atoms with Gasteiger partial charge in [0.1, 0.15) is 0 Å². The summed E-state index contributed by atoms with van der Waals surface area (Å²) in [5.74, 6) is 1.92. The molecule has 234 valence electrons. The molecule has 0 aliphatic rings. The lowest BCUT2D eigenvalue weighted by molar-refractivity contribution is 1.07. The molecule has 0 fully saturated rings. The monoisotopic (exact) mass is 656 g/mol. The molecule has 7 aromatic carbocycles. The number of nitrogens with zero attached hydrogens (tertiary/aromatic N) is 4. The van der Waals surface area contributed by atoms with Crippen LogP contribution in [0, 0.1) is 0 Å². The molecule has 5 heteroatoms. The fourth-order valence-corrected chi connectivity index (χ4v) is 8.40. The summed E-state index contributed by atoms with van der Waals surface area (Å²) in [5.41, 5.74) is 8.54. The quantitative estimate of drug-likeness (QED) is 0.185. The maximum Gasteiger partial charge on any atom is 0.166 e.